The van der Waals surface area contributed by atoms with Gasteiger partial charge >= 0.3 is 0 Å². The second-order valence-electron chi connectivity index (χ2n) is 4.88. The molecule has 1 unspecified atom stereocenters. The smallest absolute Gasteiger partial charge is 0.133 e. The van der Waals surface area contributed by atoms with Gasteiger partial charge in [-0.3, -0.25) is 4.79 Å². The second-order valence-corrected chi connectivity index (χ2v) is 4.88. The maximum absolute atomic E-state index is 11.5. The van der Waals surface area contributed by atoms with Crippen molar-refractivity contribution < 1.29 is 14.3 Å². The Morgan fingerprint density at radius 1 is 1.12 bits per heavy atom. The molecule has 0 amide bonds. The number of carbonyl (C=O) groups is 1. The molecule has 92 valence electrons. The number of hydrogen-bond acceptors (Lipinski definition) is 3. The molecule has 0 heterocycles. The van der Waals surface area contributed by atoms with Crippen molar-refractivity contribution in [3.63, 3.8) is 0 Å². The average molecular weight is 234 g/mol. The molecule has 1 aromatic rings. The molecule has 0 aromatic heterocycles. The maximum Gasteiger partial charge on any atom is 0.133 e. The van der Waals surface area contributed by atoms with Gasteiger partial charge in [0, 0.05) is 24.3 Å². The van der Waals surface area contributed by atoms with Crippen molar-refractivity contribution in [2.75, 3.05) is 14.2 Å². The van der Waals surface area contributed by atoms with Gasteiger partial charge in [-0.15, -0.1) is 0 Å². The molecule has 2 rings (SSSR count). The summed E-state index contributed by atoms with van der Waals surface area (Å²) < 4.78 is 10.5. The topological polar surface area (TPSA) is 35.5 Å². The van der Waals surface area contributed by atoms with Crippen LogP contribution in [0.1, 0.15) is 31.7 Å². The van der Waals surface area contributed by atoms with Crippen LogP contribution in [0, 0.1) is 0 Å². The molecule has 3 nitrogen and oxygen atoms in total. The molecule has 1 aromatic carbocycles. The Morgan fingerprint density at radius 2 is 1.71 bits per heavy atom. The minimum absolute atomic E-state index is 0.0705. The minimum atomic E-state index is -0.0705. The van der Waals surface area contributed by atoms with E-state index in [1.807, 2.05) is 18.2 Å². The molecule has 1 saturated carbocycles. The van der Waals surface area contributed by atoms with Gasteiger partial charge in [0.05, 0.1) is 14.2 Å². The standard InChI is InChI=1S/C14H18O3/c1-14(5-4-11(15)9-14)10-6-12(16-2)8-13(7-10)17-3/h6-8H,4-5,9H2,1-3H3. The fourth-order valence-corrected chi connectivity index (χ4v) is 2.43. The second kappa shape index (κ2) is 4.40. The molecule has 0 radical (unpaired) electrons. The quantitative estimate of drug-likeness (QED) is 0.806. The predicted molar refractivity (Wildman–Crippen MR) is 65.8 cm³/mol. The summed E-state index contributed by atoms with van der Waals surface area (Å²) in [5, 5.41) is 0. The molecule has 0 N–H and O–H groups in total. The first kappa shape index (κ1) is 12.0. The number of ether oxygens (including phenoxy) is 2. The third-order valence-corrected chi connectivity index (χ3v) is 3.59. The first-order chi connectivity index (χ1) is 8.07. The van der Waals surface area contributed by atoms with E-state index in [1.54, 1.807) is 14.2 Å². The van der Waals surface area contributed by atoms with Crippen molar-refractivity contribution in [1.82, 2.24) is 0 Å². The Labute approximate surface area is 102 Å². The molecule has 1 fully saturated rings. The highest BCUT2D eigenvalue weighted by molar-refractivity contribution is 5.82. The van der Waals surface area contributed by atoms with Crippen LogP contribution in [0.4, 0.5) is 0 Å². The zero-order valence-electron chi connectivity index (χ0n) is 10.6. The van der Waals surface area contributed by atoms with E-state index in [0.29, 0.717) is 18.6 Å². The number of hydrogen-bond donors (Lipinski definition) is 0. The molecule has 1 aliphatic carbocycles. The molecule has 17 heavy (non-hydrogen) atoms. The van der Waals surface area contributed by atoms with Crippen molar-refractivity contribution >= 4 is 5.78 Å². The lowest BCUT2D eigenvalue weighted by atomic mass is 9.81. The molecule has 1 aliphatic rings. The van der Waals surface area contributed by atoms with Crippen LogP contribution in [0.15, 0.2) is 18.2 Å². The lowest BCUT2D eigenvalue weighted by Crippen LogP contribution is -2.18. The van der Waals surface area contributed by atoms with Crippen molar-refractivity contribution in [3.8, 4) is 11.5 Å². The van der Waals surface area contributed by atoms with Gasteiger partial charge in [0.25, 0.3) is 0 Å². The number of methoxy groups -OCH3 is 2. The summed E-state index contributed by atoms with van der Waals surface area (Å²) in [4.78, 5) is 11.5. The van der Waals surface area contributed by atoms with Crippen LogP contribution < -0.4 is 9.47 Å². The van der Waals surface area contributed by atoms with Gasteiger partial charge in [-0.2, -0.15) is 0 Å². The van der Waals surface area contributed by atoms with Crippen molar-refractivity contribution in [2.24, 2.45) is 0 Å². The van der Waals surface area contributed by atoms with Crippen LogP contribution in [0.25, 0.3) is 0 Å². The largest absolute Gasteiger partial charge is 0.497 e. The molecule has 0 bridgehead atoms. The van der Waals surface area contributed by atoms with Gasteiger partial charge in [0.1, 0.15) is 17.3 Å². The van der Waals surface area contributed by atoms with Gasteiger partial charge in [0.15, 0.2) is 0 Å². The minimum Gasteiger partial charge on any atom is -0.497 e. The molecule has 0 spiro atoms. The third kappa shape index (κ3) is 2.28. The number of ketones is 1. The summed E-state index contributed by atoms with van der Waals surface area (Å²) in [7, 11) is 3.28. The highest BCUT2D eigenvalue weighted by Gasteiger charge is 2.36. The Hall–Kier alpha value is -1.51. The lowest BCUT2D eigenvalue weighted by Gasteiger charge is -2.24. The number of Topliss-reactive ketones (excluding diaryl/α,β-unsaturated/α-hetero) is 1. The maximum atomic E-state index is 11.5. The Morgan fingerprint density at radius 3 is 2.12 bits per heavy atom. The average Bonchev–Trinajstić information content (AvgIpc) is 2.70. The van der Waals surface area contributed by atoms with Gasteiger partial charge in [0.2, 0.25) is 0 Å². The van der Waals surface area contributed by atoms with E-state index in [2.05, 4.69) is 6.92 Å². The van der Waals surface area contributed by atoms with E-state index in [4.69, 9.17) is 9.47 Å². The summed E-state index contributed by atoms with van der Waals surface area (Å²) in [6.07, 6.45) is 2.20. The van der Waals surface area contributed by atoms with Crippen molar-refractivity contribution in [1.29, 1.82) is 0 Å². The van der Waals surface area contributed by atoms with Crippen LogP contribution in [0.2, 0.25) is 0 Å². The van der Waals surface area contributed by atoms with E-state index in [1.165, 1.54) is 0 Å². The van der Waals surface area contributed by atoms with Crippen molar-refractivity contribution in [2.45, 2.75) is 31.6 Å². The third-order valence-electron chi connectivity index (χ3n) is 3.59. The van der Waals surface area contributed by atoms with E-state index in [0.717, 1.165) is 23.5 Å². The van der Waals surface area contributed by atoms with Gasteiger partial charge in [-0.25, -0.2) is 0 Å². The molecule has 0 saturated heterocycles. The number of rotatable bonds is 3. The summed E-state index contributed by atoms with van der Waals surface area (Å²) in [5.74, 6) is 1.90. The molecule has 0 aliphatic heterocycles. The highest BCUT2D eigenvalue weighted by Crippen LogP contribution is 2.41. The molecular weight excluding hydrogens is 216 g/mol. The Bertz CT molecular complexity index is 417. The number of benzene rings is 1. The predicted octanol–water partition coefficient (Wildman–Crippen LogP) is 2.71. The fraction of sp³-hybridized carbons (Fsp3) is 0.500. The number of carbonyl (C=O) groups excluding carboxylic acids is 1. The SMILES string of the molecule is COc1cc(OC)cc(C2(C)CCC(=O)C2)c1. The summed E-state index contributed by atoms with van der Waals surface area (Å²) in [6, 6.07) is 5.85. The van der Waals surface area contributed by atoms with E-state index in [-0.39, 0.29) is 5.41 Å². The molecule has 3 heteroatoms. The fourth-order valence-electron chi connectivity index (χ4n) is 2.43. The van der Waals surface area contributed by atoms with Crippen molar-refractivity contribution in [3.05, 3.63) is 23.8 Å². The molecular formula is C14H18O3. The van der Waals surface area contributed by atoms with Crippen LogP contribution >= 0.6 is 0 Å². The van der Waals surface area contributed by atoms with Crippen LogP contribution in [-0.2, 0) is 10.2 Å². The van der Waals surface area contributed by atoms with Gasteiger partial charge in [-0.05, 0) is 24.1 Å². The Kier molecular flexibility index (Phi) is 3.09. The summed E-state index contributed by atoms with van der Waals surface area (Å²) in [6.45, 7) is 2.13. The summed E-state index contributed by atoms with van der Waals surface area (Å²) >= 11 is 0. The Balaban J connectivity index is 2.40. The molecule has 1 atom stereocenters. The van der Waals surface area contributed by atoms with E-state index >= 15 is 0 Å². The van der Waals surface area contributed by atoms with Crippen LogP contribution in [0.3, 0.4) is 0 Å². The first-order valence-electron chi connectivity index (χ1n) is 5.83. The van der Waals surface area contributed by atoms with Gasteiger partial charge in [-0.1, -0.05) is 6.92 Å². The normalized spacial score (nSPS) is 23.8. The van der Waals surface area contributed by atoms with Crippen LogP contribution in [-0.4, -0.2) is 20.0 Å². The van der Waals surface area contributed by atoms with Gasteiger partial charge < -0.3 is 9.47 Å². The van der Waals surface area contributed by atoms with Crippen LogP contribution in [0.5, 0.6) is 11.5 Å². The van der Waals surface area contributed by atoms with E-state index < -0.39 is 0 Å². The lowest BCUT2D eigenvalue weighted by molar-refractivity contribution is -0.117. The summed E-state index contributed by atoms with van der Waals surface area (Å²) in [5.41, 5.74) is 1.05. The highest BCUT2D eigenvalue weighted by atomic mass is 16.5. The zero-order valence-corrected chi connectivity index (χ0v) is 10.6. The zero-order chi connectivity index (χ0) is 12.5. The first-order valence-corrected chi connectivity index (χ1v) is 5.83. The van der Waals surface area contributed by atoms with E-state index in [9.17, 15) is 4.79 Å². The monoisotopic (exact) mass is 234 g/mol.